The molecule has 0 amide bonds. The molecular weight excluding hydrogens is 380 g/mol. The van der Waals surface area contributed by atoms with Gasteiger partial charge in [0.2, 0.25) is 0 Å². The molecule has 7 heteroatoms. The van der Waals surface area contributed by atoms with Crippen molar-refractivity contribution < 1.29 is 23.8 Å². The number of hydrogen-bond donors (Lipinski definition) is 0. The summed E-state index contributed by atoms with van der Waals surface area (Å²) < 4.78 is 16.9. The van der Waals surface area contributed by atoms with Gasteiger partial charge in [0, 0.05) is 21.0 Å². The van der Waals surface area contributed by atoms with Crippen molar-refractivity contribution in [2.24, 2.45) is 0 Å². The summed E-state index contributed by atoms with van der Waals surface area (Å²) in [6, 6.07) is 12.5. The standard InChI is InChI=1S/C21H18O6S/c1-13(2)21(24)26-11-10-25-18(22)12-27-16-8-5-7-15-19(23)14-6-3-4-9-17(14)28-20(15)16/h3-9H,1,10-12H2,2H3. The molecule has 144 valence electrons. The van der Waals surface area contributed by atoms with Crippen LogP contribution in [0.15, 0.2) is 59.4 Å². The first-order valence-electron chi connectivity index (χ1n) is 8.53. The summed E-state index contributed by atoms with van der Waals surface area (Å²) in [6.07, 6.45) is 0. The Balaban J connectivity index is 1.66. The van der Waals surface area contributed by atoms with Crippen LogP contribution in [-0.2, 0) is 19.1 Å². The molecule has 0 unspecified atom stereocenters. The molecule has 0 fully saturated rings. The predicted molar refractivity (Wildman–Crippen MR) is 108 cm³/mol. The number of benzene rings is 2. The average molecular weight is 398 g/mol. The zero-order valence-electron chi connectivity index (χ0n) is 15.2. The fraction of sp³-hybridized carbons (Fsp3) is 0.190. The lowest BCUT2D eigenvalue weighted by atomic mass is 10.2. The molecule has 6 nitrogen and oxygen atoms in total. The van der Waals surface area contributed by atoms with Gasteiger partial charge in [0.25, 0.3) is 0 Å². The van der Waals surface area contributed by atoms with Crippen LogP contribution in [0.4, 0.5) is 0 Å². The van der Waals surface area contributed by atoms with E-state index in [-0.39, 0.29) is 30.8 Å². The maximum absolute atomic E-state index is 12.7. The minimum Gasteiger partial charge on any atom is -0.480 e. The third kappa shape index (κ3) is 4.37. The molecule has 0 saturated heterocycles. The highest BCUT2D eigenvalue weighted by atomic mass is 32.1. The van der Waals surface area contributed by atoms with Crippen LogP contribution < -0.4 is 10.2 Å². The molecule has 0 aliphatic rings. The fourth-order valence-corrected chi connectivity index (χ4v) is 3.64. The third-order valence-electron chi connectivity index (χ3n) is 3.84. The third-order valence-corrected chi connectivity index (χ3v) is 5.04. The Kier molecular flexibility index (Phi) is 6.06. The van der Waals surface area contributed by atoms with Crippen LogP contribution in [0.2, 0.25) is 0 Å². The molecule has 2 aromatic carbocycles. The molecule has 3 rings (SSSR count). The summed E-state index contributed by atoms with van der Waals surface area (Å²) >= 11 is 1.43. The van der Waals surface area contributed by atoms with Gasteiger partial charge in [-0.2, -0.15) is 0 Å². The van der Waals surface area contributed by atoms with Gasteiger partial charge in [0.15, 0.2) is 12.0 Å². The average Bonchev–Trinajstić information content (AvgIpc) is 2.69. The van der Waals surface area contributed by atoms with Crippen molar-refractivity contribution in [3.8, 4) is 5.75 Å². The molecule has 0 spiro atoms. The van der Waals surface area contributed by atoms with Crippen molar-refractivity contribution in [1.82, 2.24) is 0 Å². The van der Waals surface area contributed by atoms with E-state index in [1.165, 1.54) is 18.3 Å². The van der Waals surface area contributed by atoms with Crippen molar-refractivity contribution in [1.29, 1.82) is 0 Å². The molecule has 0 saturated carbocycles. The molecular formula is C21H18O6S. The SMILES string of the molecule is C=C(C)C(=O)OCCOC(=O)COc1cccc2c(=O)c3ccccc3sc12. The Hall–Kier alpha value is -3.19. The van der Waals surface area contributed by atoms with Gasteiger partial charge in [0.05, 0.1) is 4.70 Å². The smallest absolute Gasteiger partial charge is 0.344 e. The van der Waals surface area contributed by atoms with Crippen LogP contribution in [0.3, 0.4) is 0 Å². The van der Waals surface area contributed by atoms with Crippen LogP contribution in [-0.4, -0.2) is 31.8 Å². The zero-order chi connectivity index (χ0) is 20.1. The second-order valence-electron chi connectivity index (χ2n) is 5.99. The quantitative estimate of drug-likeness (QED) is 0.262. The fourth-order valence-electron chi connectivity index (χ4n) is 2.50. The normalized spacial score (nSPS) is 10.6. The lowest BCUT2D eigenvalue weighted by molar-refractivity contribution is -0.151. The van der Waals surface area contributed by atoms with Gasteiger partial charge < -0.3 is 14.2 Å². The monoisotopic (exact) mass is 398 g/mol. The number of hydrogen-bond acceptors (Lipinski definition) is 7. The van der Waals surface area contributed by atoms with Gasteiger partial charge in [-0.3, -0.25) is 4.79 Å². The first-order valence-corrected chi connectivity index (χ1v) is 9.34. The minimum absolute atomic E-state index is 0.0562. The van der Waals surface area contributed by atoms with Crippen molar-refractivity contribution in [3.05, 3.63) is 64.8 Å². The largest absolute Gasteiger partial charge is 0.480 e. The van der Waals surface area contributed by atoms with Crippen LogP contribution in [0.25, 0.3) is 20.2 Å². The Bertz CT molecular complexity index is 1110. The van der Waals surface area contributed by atoms with Crippen LogP contribution in [0, 0.1) is 0 Å². The molecule has 0 radical (unpaired) electrons. The van der Waals surface area contributed by atoms with Crippen molar-refractivity contribution in [2.45, 2.75) is 6.92 Å². The van der Waals surface area contributed by atoms with Gasteiger partial charge in [-0.1, -0.05) is 24.8 Å². The number of fused-ring (bicyclic) bond motifs is 2. The van der Waals surface area contributed by atoms with Gasteiger partial charge in [-0.25, -0.2) is 9.59 Å². The molecule has 28 heavy (non-hydrogen) atoms. The van der Waals surface area contributed by atoms with E-state index in [4.69, 9.17) is 14.2 Å². The Morgan fingerprint density at radius 3 is 2.50 bits per heavy atom. The minimum atomic E-state index is -0.600. The molecule has 0 aliphatic carbocycles. The second-order valence-corrected chi connectivity index (χ2v) is 7.04. The van der Waals surface area contributed by atoms with Crippen molar-refractivity contribution in [3.63, 3.8) is 0 Å². The summed E-state index contributed by atoms with van der Waals surface area (Å²) in [5, 5.41) is 1.20. The number of carbonyl (C=O) groups excluding carboxylic acids is 2. The maximum Gasteiger partial charge on any atom is 0.344 e. The van der Waals surface area contributed by atoms with E-state index >= 15 is 0 Å². The number of ether oxygens (including phenoxy) is 3. The lowest BCUT2D eigenvalue weighted by Gasteiger charge is -2.10. The van der Waals surface area contributed by atoms with E-state index in [1.54, 1.807) is 24.3 Å². The first kappa shape index (κ1) is 19.6. The molecule has 3 aromatic rings. The van der Waals surface area contributed by atoms with Crippen LogP contribution in [0.1, 0.15) is 6.92 Å². The molecule has 0 atom stereocenters. The molecule has 1 aromatic heterocycles. The molecule has 1 heterocycles. The topological polar surface area (TPSA) is 78.9 Å². The molecule has 0 N–H and O–H groups in total. The van der Waals surface area contributed by atoms with Crippen LogP contribution >= 0.6 is 11.3 Å². The maximum atomic E-state index is 12.7. The van der Waals surface area contributed by atoms with E-state index in [9.17, 15) is 14.4 Å². The Labute approximate surface area is 165 Å². The lowest BCUT2D eigenvalue weighted by Crippen LogP contribution is -2.19. The summed E-state index contributed by atoms with van der Waals surface area (Å²) in [5.74, 6) is -0.697. The predicted octanol–water partition coefficient (Wildman–Crippen LogP) is 3.46. The highest BCUT2D eigenvalue weighted by molar-refractivity contribution is 7.24. The van der Waals surface area contributed by atoms with E-state index in [0.29, 0.717) is 21.2 Å². The molecule has 0 aliphatic heterocycles. The number of esters is 2. The Morgan fingerprint density at radius 1 is 1.00 bits per heavy atom. The summed E-state index contributed by atoms with van der Waals surface area (Å²) in [7, 11) is 0. The van der Waals surface area contributed by atoms with Crippen molar-refractivity contribution in [2.75, 3.05) is 19.8 Å². The first-order chi connectivity index (χ1) is 13.5. The van der Waals surface area contributed by atoms with E-state index in [2.05, 4.69) is 6.58 Å². The van der Waals surface area contributed by atoms with Gasteiger partial charge >= 0.3 is 11.9 Å². The van der Waals surface area contributed by atoms with E-state index in [1.807, 2.05) is 18.2 Å². The summed E-state index contributed by atoms with van der Waals surface area (Å²) in [5.41, 5.74) is 0.203. The van der Waals surface area contributed by atoms with E-state index in [0.717, 1.165) is 4.70 Å². The summed E-state index contributed by atoms with van der Waals surface area (Å²) in [6.45, 7) is 4.54. The van der Waals surface area contributed by atoms with Crippen LogP contribution in [0.5, 0.6) is 5.75 Å². The second kappa shape index (κ2) is 8.67. The van der Waals surface area contributed by atoms with Crippen molar-refractivity contribution >= 4 is 43.4 Å². The summed E-state index contributed by atoms with van der Waals surface area (Å²) in [4.78, 5) is 35.7. The highest BCUT2D eigenvalue weighted by Gasteiger charge is 2.12. The van der Waals surface area contributed by atoms with Gasteiger partial charge in [-0.15, -0.1) is 11.3 Å². The Morgan fingerprint density at radius 2 is 1.71 bits per heavy atom. The van der Waals surface area contributed by atoms with Gasteiger partial charge in [0.1, 0.15) is 19.0 Å². The number of rotatable bonds is 7. The van der Waals surface area contributed by atoms with E-state index < -0.39 is 11.9 Å². The zero-order valence-corrected chi connectivity index (χ0v) is 16.0. The highest BCUT2D eigenvalue weighted by Crippen LogP contribution is 2.31. The number of carbonyl (C=O) groups is 2. The molecule has 0 bridgehead atoms. The van der Waals surface area contributed by atoms with Gasteiger partial charge in [-0.05, 0) is 31.2 Å².